The van der Waals surface area contributed by atoms with E-state index in [4.69, 9.17) is 0 Å². The first-order valence-electron chi connectivity index (χ1n) is 15.6. The van der Waals surface area contributed by atoms with Gasteiger partial charge in [0.1, 0.15) is 0 Å². The molecule has 0 N–H and O–H groups in total. The number of benzene rings is 6. The van der Waals surface area contributed by atoms with Crippen molar-refractivity contribution >= 4 is 43.6 Å². The van der Waals surface area contributed by atoms with E-state index in [0.717, 1.165) is 44.3 Å². The third-order valence-electron chi connectivity index (χ3n) is 10.2. The SMILES string of the molecule is CC1(C)c2ccccc2-c2cc3c4cc(-c5cccc6c(=O)n7c(=O)c8ccccc8n7c56)ccc4n(-c4ccccc4)c3cc21. The number of nitrogens with zero attached hydrogens (tertiary/aromatic N) is 3. The van der Waals surface area contributed by atoms with Gasteiger partial charge in [0.2, 0.25) is 0 Å². The summed E-state index contributed by atoms with van der Waals surface area (Å²) in [7, 11) is 0. The van der Waals surface area contributed by atoms with Crippen LogP contribution in [0.15, 0.2) is 137 Å². The molecule has 5 heteroatoms. The third-order valence-corrected chi connectivity index (χ3v) is 10.2. The summed E-state index contributed by atoms with van der Waals surface area (Å²) in [5.74, 6) is 0. The number of para-hydroxylation sites is 3. The predicted molar refractivity (Wildman–Crippen MR) is 187 cm³/mol. The molecule has 9 aromatic rings. The highest BCUT2D eigenvalue weighted by molar-refractivity contribution is 6.13. The fourth-order valence-corrected chi connectivity index (χ4v) is 8.08. The van der Waals surface area contributed by atoms with Crippen molar-refractivity contribution in [1.29, 1.82) is 0 Å². The van der Waals surface area contributed by atoms with E-state index < -0.39 is 0 Å². The Morgan fingerprint density at radius 2 is 1.17 bits per heavy atom. The molecule has 1 aliphatic carbocycles. The maximum absolute atomic E-state index is 13.6. The van der Waals surface area contributed by atoms with Crippen LogP contribution >= 0.6 is 0 Å². The first-order chi connectivity index (χ1) is 22.4. The first kappa shape index (κ1) is 25.4. The van der Waals surface area contributed by atoms with Gasteiger partial charge in [-0.25, -0.2) is 4.52 Å². The molecule has 10 rings (SSSR count). The molecule has 0 fully saturated rings. The summed E-state index contributed by atoms with van der Waals surface area (Å²) < 4.78 is 5.44. The molecule has 0 aliphatic heterocycles. The smallest absolute Gasteiger partial charge is 0.282 e. The third kappa shape index (κ3) is 3.04. The number of hydrogen-bond donors (Lipinski definition) is 0. The Balaban J connectivity index is 1.32. The number of hydrogen-bond acceptors (Lipinski definition) is 2. The van der Waals surface area contributed by atoms with Crippen LogP contribution in [0.1, 0.15) is 25.0 Å². The molecule has 46 heavy (non-hydrogen) atoms. The van der Waals surface area contributed by atoms with Gasteiger partial charge in [0.05, 0.1) is 32.8 Å². The topological polar surface area (TPSA) is 47.9 Å². The van der Waals surface area contributed by atoms with Crippen LogP contribution in [0.4, 0.5) is 0 Å². The fraction of sp³-hybridized carbons (Fsp3) is 0.0732. The van der Waals surface area contributed by atoms with Gasteiger partial charge >= 0.3 is 0 Å². The largest absolute Gasteiger partial charge is 0.309 e. The van der Waals surface area contributed by atoms with Crippen molar-refractivity contribution in [3.05, 3.63) is 159 Å². The molecule has 3 heterocycles. The summed E-state index contributed by atoms with van der Waals surface area (Å²) in [4.78, 5) is 27.0. The van der Waals surface area contributed by atoms with Gasteiger partial charge in [-0.05, 0) is 82.4 Å². The minimum Gasteiger partial charge on any atom is -0.309 e. The Morgan fingerprint density at radius 1 is 0.478 bits per heavy atom. The molecule has 0 saturated heterocycles. The minimum atomic E-state index is -0.295. The van der Waals surface area contributed by atoms with Crippen LogP contribution in [-0.4, -0.2) is 13.6 Å². The van der Waals surface area contributed by atoms with E-state index in [9.17, 15) is 9.59 Å². The molecule has 0 spiro atoms. The lowest BCUT2D eigenvalue weighted by molar-refractivity contribution is 0.661. The summed E-state index contributed by atoms with van der Waals surface area (Å²) in [6, 6.07) is 43.8. The van der Waals surface area contributed by atoms with Crippen LogP contribution < -0.4 is 11.1 Å². The first-order valence-corrected chi connectivity index (χ1v) is 15.6. The molecule has 0 saturated carbocycles. The van der Waals surface area contributed by atoms with Gasteiger partial charge in [-0.15, -0.1) is 0 Å². The summed E-state index contributed by atoms with van der Waals surface area (Å²) in [5, 5.41) is 3.38. The Morgan fingerprint density at radius 3 is 2.04 bits per heavy atom. The zero-order chi connectivity index (χ0) is 30.9. The molecule has 218 valence electrons. The van der Waals surface area contributed by atoms with Crippen molar-refractivity contribution in [3.8, 4) is 27.9 Å². The number of aromatic nitrogens is 3. The minimum absolute atomic E-state index is 0.115. The molecular formula is C41H27N3O2. The lowest BCUT2D eigenvalue weighted by atomic mass is 9.82. The second kappa shape index (κ2) is 8.61. The average molecular weight is 594 g/mol. The van der Waals surface area contributed by atoms with Gasteiger partial charge < -0.3 is 4.57 Å². The molecule has 0 amide bonds. The molecule has 0 atom stereocenters. The van der Waals surface area contributed by atoms with E-state index in [1.54, 1.807) is 10.6 Å². The van der Waals surface area contributed by atoms with Gasteiger partial charge in [0.25, 0.3) is 11.1 Å². The standard InChI is InChI=1S/C41H27N3O2/c1-41(2)33-17-8-6-13-27(33)30-22-32-31-21-24(19-20-35(31)42(37(32)23-34(30)41)25-11-4-3-5-12-25)26-15-10-16-29-38(26)43-36-18-9-7-14-28(36)39(45)44(43)40(29)46/h3-23H,1-2H3. The number of fused-ring (bicyclic) bond motifs is 11. The summed E-state index contributed by atoms with van der Waals surface area (Å²) in [6.45, 7) is 4.64. The quantitative estimate of drug-likeness (QED) is 0.202. The van der Waals surface area contributed by atoms with E-state index >= 15 is 0 Å². The van der Waals surface area contributed by atoms with Gasteiger partial charge in [-0.3, -0.25) is 9.59 Å². The molecule has 6 aromatic carbocycles. The summed E-state index contributed by atoms with van der Waals surface area (Å²) in [5.41, 5.74) is 11.3. The zero-order valence-electron chi connectivity index (χ0n) is 25.3. The van der Waals surface area contributed by atoms with Crippen LogP contribution in [0.3, 0.4) is 0 Å². The molecule has 0 radical (unpaired) electrons. The Kier molecular flexibility index (Phi) is 4.75. The zero-order valence-corrected chi connectivity index (χ0v) is 25.3. The van der Waals surface area contributed by atoms with Crippen LogP contribution in [-0.2, 0) is 5.41 Å². The summed E-state index contributed by atoms with van der Waals surface area (Å²) >= 11 is 0. The number of rotatable bonds is 2. The van der Waals surface area contributed by atoms with Crippen molar-refractivity contribution in [2.75, 3.05) is 0 Å². The van der Waals surface area contributed by atoms with Crippen molar-refractivity contribution < 1.29 is 0 Å². The van der Waals surface area contributed by atoms with Crippen LogP contribution in [0, 0.1) is 0 Å². The van der Waals surface area contributed by atoms with E-state index in [1.807, 2.05) is 30.3 Å². The highest BCUT2D eigenvalue weighted by Gasteiger charge is 2.36. The van der Waals surface area contributed by atoms with Crippen LogP contribution in [0.25, 0.3) is 71.6 Å². The van der Waals surface area contributed by atoms with Gasteiger partial charge in [0.15, 0.2) is 0 Å². The molecular weight excluding hydrogens is 566 g/mol. The van der Waals surface area contributed by atoms with E-state index in [1.165, 1.54) is 32.2 Å². The van der Waals surface area contributed by atoms with Crippen molar-refractivity contribution in [1.82, 2.24) is 13.6 Å². The lowest BCUT2D eigenvalue weighted by Gasteiger charge is -2.21. The molecule has 1 aliphatic rings. The normalized spacial score (nSPS) is 13.8. The van der Waals surface area contributed by atoms with E-state index in [2.05, 4.69) is 109 Å². The Hall–Kier alpha value is -5.94. The highest BCUT2D eigenvalue weighted by Crippen LogP contribution is 2.51. The van der Waals surface area contributed by atoms with Crippen molar-refractivity contribution in [2.45, 2.75) is 19.3 Å². The van der Waals surface area contributed by atoms with Crippen molar-refractivity contribution in [2.24, 2.45) is 0 Å². The van der Waals surface area contributed by atoms with E-state index in [0.29, 0.717) is 10.8 Å². The highest BCUT2D eigenvalue weighted by atomic mass is 16.2. The monoisotopic (exact) mass is 593 g/mol. The predicted octanol–water partition coefficient (Wildman–Crippen LogP) is 8.57. The Bertz CT molecular complexity index is 2870. The summed E-state index contributed by atoms with van der Waals surface area (Å²) in [6.07, 6.45) is 0. The van der Waals surface area contributed by atoms with Gasteiger partial charge in [-0.1, -0.05) is 86.6 Å². The van der Waals surface area contributed by atoms with Crippen molar-refractivity contribution in [3.63, 3.8) is 0 Å². The van der Waals surface area contributed by atoms with Gasteiger partial charge in [0, 0.05) is 27.4 Å². The van der Waals surface area contributed by atoms with Gasteiger partial charge in [-0.2, -0.15) is 4.52 Å². The lowest BCUT2D eigenvalue weighted by Crippen LogP contribution is -2.21. The fourth-order valence-electron chi connectivity index (χ4n) is 8.08. The van der Waals surface area contributed by atoms with Crippen LogP contribution in [0.2, 0.25) is 0 Å². The molecule has 5 nitrogen and oxygen atoms in total. The second-order valence-corrected chi connectivity index (χ2v) is 12.9. The average Bonchev–Trinajstić information content (AvgIpc) is 3.75. The maximum atomic E-state index is 13.6. The second-order valence-electron chi connectivity index (χ2n) is 12.9. The molecule has 0 unspecified atom stereocenters. The molecule has 3 aromatic heterocycles. The maximum Gasteiger partial charge on any atom is 0.282 e. The molecule has 0 bridgehead atoms. The Labute approximate surface area is 263 Å². The van der Waals surface area contributed by atoms with Crippen LogP contribution in [0.5, 0.6) is 0 Å². The van der Waals surface area contributed by atoms with E-state index in [-0.39, 0.29) is 16.5 Å².